The van der Waals surface area contributed by atoms with Crippen molar-refractivity contribution < 1.29 is 13.6 Å². The number of carbonyl (C=O) groups excluding carboxylic acids is 1. The number of rotatable bonds is 2. The number of aromatic nitrogens is 2. The van der Waals surface area contributed by atoms with Gasteiger partial charge in [-0.25, -0.2) is 13.8 Å². The summed E-state index contributed by atoms with van der Waals surface area (Å²) in [6.07, 6.45) is 0.351. The Bertz CT molecular complexity index is 1100. The van der Waals surface area contributed by atoms with Crippen molar-refractivity contribution in [2.75, 3.05) is 6.54 Å². The first kappa shape index (κ1) is 17.3. The molecule has 0 bridgehead atoms. The lowest BCUT2D eigenvalue weighted by Gasteiger charge is -2.28. The summed E-state index contributed by atoms with van der Waals surface area (Å²) in [5, 5.41) is 0. The van der Waals surface area contributed by atoms with Gasteiger partial charge in [0.2, 0.25) is 5.91 Å². The summed E-state index contributed by atoms with van der Waals surface area (Å²) in [5.74, 6) is -1.71. The Kier molecular flexibility index (Phi) is 4.22. The largest absolute Gasteiger partial charge is 0.337 e. The molecule has 1 amide bonds. The van der Waals surface area contributed by atoms with Gasteiger partial charge in [0.25, 0.3) is 5.56 Å². The van der Waals surface area contributed by atoms with E-state index >= 15 is 0 Å². The molecule has 0 fully saturated rings. The number of halogens is 2. The average Bonchev–Trinajstić information content (AvgIpc) is 2.60. The van der Waals surface area contributed by atoms with Crippen LogP contribution in [0.4, 0.5) is 8.78 Å². The zero-order valence-electron chi connectivity index (χ0n) is 14.7. The van der Waals surface area contributed by atoms with Gasteiger partial charge in [0, 0.05) is 24.7 Å². The van der Waals surface area contributed by atoms with Gasteiger partial charge in [-0.15, -0.1) is 0 Å². The highest BCUT2D eigenvalue weighted by atomic mass is 19.1. The molecular weight excluding hydrogens is 352 g/mol. The molecule has 0 radical (unpaired) electrons. The molecule has 2 aromatic heterocycles. The van der Waals surface area contributed by atoms with Crippen molar-refractivity contribution in [2.45, 2.75) is 26.3 Å². The zero-order valence-corrected chi connectivity index (χ0v) is 14.7. The molecule has 1 aliphatic heterocycles. The SMILES string of the molecule is Cc1cccc2nc3c(c(=O)n12)CN(C(=O)Cc1cc(F)cc(F)c1)CC3. The number of hydrogen-bond donors (Lipinski definition) is 0. The number of nitrogens with zero attached hydrogens (tertiary/aromatic N) is 3. The van der Waals surface area contributed by atoms with Crippen LogP contribution >= 0.6 is 0 Å². The number of carbonyl (C=O) groups is 1. The molecule has 1 aliphatic rings. The standard InChI is InChI=1S/C20H17F2N3O2/c1-12-3-2-4-18-23-17-5-6-24(11-16(17)20(27)25(12)18)19(26)9-13-7-14(21)10-15(22)8-13/h2-4,7-8,10H,5-6,9,11H2,1H3. The molecule has 1 aromatic carbocycles. The third-order valence-electron chi connectivity index (χ3n) is 4.82. The third-order valence-corrected chi connectivity index (χ3v) is 4.82. The Hall–Kier alpha value is -3.09. The molecule has 0 atom stereocenters. The van der Waals surface area contributed by atoms with E-state index in [0.29, 0.717) is 29.9 Å². The molecule has 0 unspecified atom stereocenters. The quantitative estimate of drug-likeness (QED) is 0.697. The number of aryl methyl sites for hydroxylation is 1. The van der Waals surface area contributed by atoms with Crippen molar-refractivity contribution in [1.82, 2.24) is 14.3 Å². The second-order valence-electron chi connectivity index (χ2n) is 6.72. The lowest BCUT2D eigenvalue weighted by Crippen LogP contribution is -2.41. The Labute approximate surface area is 153 Å². The summed E-state index contributed by atoms with van der Waals surface area (Å²) in [4.78, 5) is 31.6. The topological polar surface area (TPSA) is 54.7 Å². The fraction of sp³-hybridized carbons (Fsp3) is 0.250. The highest BCUT2D eigenvalue weighted by molar-refractivity contribution is 5.79. The van der Waals surface area contributed by atoms with Gasteiger partial charge in [-0.05, 0) is 36.8 Å². The van der Waals surface area contributed by atoms with Crippen molar-refractivity contribution in [3.05, 3.63) is 80.9 Å². The predicted molar refractivity (Wildman–Crippen MR) is 95.4 cm³/mol. The van der Waals surface area contributed by atoms with Gasteiger partial charge in [0.1, 0.15) is 17.3 Å². The molecule has 0 N–H and O–H groups in total. The van der Waals surface area contributed by atoms with E-state index in [9.17, 15) is 18.4 Å². The van der Waals surface area contributed by atoms with Crippen LogP contribution in [0.2, 0.25) is 0 Å². The number of pyridine rings is 1. The Morgan fingerprint density at radius 2 is 1.93 bits per heavy atom. The van der Waals surface area contributed by atoms with Crippen LogP contribution in [0.15, 0.2) is 41.2 Å². The third kappa shape index (κ3) is 3.20. The first-order valence-electron chi connectivity index (χ1n) is 8.65. The molecule has 3 heterocycles. The van der Waals surface area contributed by atoms with Crippen molar-refractivity contribution in [3.63, 3.8) is 0 Å². The van der Waals surface area contributed by atoms with E-state index < -0.39 is 11.6 Å². The number of benzene rings is 1. The molecule has 138 valence electrons. The van der Waals surface area contributed by atoms with Crippen LogP contribution in [0.5, 0.6) is 0 Å². The van der Waals surface area contributed by atoms with E-state index in [0.717, 1.165) is 23.9 Å². The zero-order chi connectivity index (χ0) is 19.1. The fourth-order valence-electron chi connectivity index (χ4n) is 3.51. The van der Waals surface area contributed by atoms with Gasteiger partial charge >= 0.3 is 0 Å². The van der Waals surface area contributed by atoms with Gasteiger partial charge in [-0.3, -0.25) is 14.0 Å². The molecule has 3 aromatic rings. The van der Waals surface area contributed by atoms with Crippen LogP contribution in [0.25, 0.3) is 5.65 Å². The molecule has 27 heavy (non-hydrogen) atoms. The van der Waals surface area contributed by atoms with E-state index in [2.05, 4.69) is 4.98 Å². The lowest BCUT2D eigenvalue weighted by molar-refractivity contribution is -0.131. The molecular formula is C20H17F2N3O2. The van der Waals surface area contributed by atoms with Crippen LogP contribution in [0.1, 0.15) is 22.5 Å². The highest BCUT2D eigenvalue weighted by Crippen LogP contribution is 2.18. The summed E-state index contributed by atoms with van der Waals surface area (Å²) >= 11 is 0. The first-order chi connectivity index (χ1) is 12.9. The minimum absolute atomic E-state index is 0.120. The highest BCUT2D eigenvalue weighted by Gasteiger charge is 2.25. The summed E-state index contributed by atoms with van der Waals surface area (Å²) < 4.78 is 28.2. The van der Waals surface area contributed by atoms with Crippen molar-refractivity contribution >= 4 is 11.6 Å². The number of hydrogen-bond acceptors (Lipinski definition) is 3. The van der Waals surface area contributed by atoms with Gasteiger partial charge in [0.15, 0.2) is 0 Å². The smallest absolute Gasteiger partial charge is 0.263 e. The molecule has 0 saturated carbocycles. The van der Waals surface area contributed by atoms with E-state index in [-0.39, 0.29) is 30.0 Å². The summed E-state index contributed by atoms with van der Waals surface area (Å²) in [5.41, 5.74) is 2.65. The monoisotopic (exact) mass is 369 g/mol. The minimum Gasteiger partial charge on any atom is -0.337 e. The van der Waals surface area contributed by atoms with Crippen LogP contribution < -0.4 is 5.56 Å². The van der Waals surface area contributed by atoms with Gasteiger partial charge < -0.3 is 4.90 Å². The van der Waals surface area contributed by atoms with Gasteiger partial charge in [-0.1, -0.05) is 6.07 Å². The predicted octanol–water partition coefficient (Wildman–Crippen LogP) is 2.41. The molecule has 0 spiro atoms. The van der Waals surface area contributed by atoms with Crippen molar-refractivity contribution in [1.29, 1.82) is 0 Å². The fourth-order valence-corrected chi connectivity index (χ4v) is 3.51. The van der Waals surface area contributed by atoms with Crippen LogP contribution in [0, 0.1) is 18.6 Å². The van der Waals surface area contributed by atoms with Crippen LogP contribution in [0.3, 0.4) is 0 Å². The van der Waals surface area contributed by atoms with Crippen LogP contribution in [-0.4, -0.2) is 26.7 Å². The van der Waals surface area contributed by atoms with Crippen molar-refractivity contribution in [3.8, 4) is 0 Å². The van der Waals surface area contributed by atoms with Gasteiger partial charge in [-0.2, -0.15) is 0 Å². The molecule has 4 rings (SSSR count). The van der Waals surface area contributed by atoms with Crippen LogP contribution in [-0.2, 0) is 24.2 Å². The van der Waals surface area contributed by atoms with E-state index in [1.54, 1.807) is 11.0 Å². The summed E-state index contributed by atoms with van der Waals surface area (Å²) in [6, 6.07) is 8.52. The molecule has 0 aliphatic carbocycles. The maximum Gasteiger partial charge on any atom is 0.263 e. The van der Waals surface area contributed by atoms with E-state index in [4.69, 9.17) is 0 Å². The molecule has 7 heteroatoms. The Morgan fingerprint density at radius 3 is 2.67 bits per heavy atom. The maximum absolute atomic E-state index is 13.3. The van der Waals surface area contributed by atoms with E-state index in [1.165, 1.54) is 4.40 Å². The second-order valence-corrected chi connectivity index (χ2v) is 6.72. The molecule has 0 saturated heterocycles. The lowest BCUT2D eigenvalue weighted by atomic mass is 10.0. The van der Waals surface area contributed by atoms with Crippen molar-refractivity contribution in [2.24, 2.45) is 0 Å². The van der Waals surface area contributed by atoms with E-state index in [1.807, 2.05) is 19.1 Å². The Morgan fingerprint density at radius 1 is 1.19 bits per heavy atom. The number of fused-ring (bicyclic) bond motifs is 2. The number of amides is 1. The normalized spacial score (nSPS) is 13.7. The van der Waals surface area contributed by atoms with Gasteiger partial charge in [0.05, 0.1) is 24.2 Å². The minimum atomic E-state index is -0.717. The molecule has 5 nitrogen and oxygen atoms in total. The Balaban J connectivity index is 1.63. The summed E-state index contributed by atoms with van der Waals surface area (Å²) in [6.45, 7) is 2.39. The maximum atomic E-state index is 13.3. The first-order valence-corrected chi connectivity index (χ1v) is 8.65. The average molecular weight is 369 g/mol. The summed E-state index contributed by atoms with van der Waals surface area (Å²) in [7, 11) is 0. The second kappa shape index (κ2) is 6.57.